The molecule has 4 aliphatic carbocycles. The maximum absolute atomic E-state index is 5.55. The maximum atomic E-state index is 5.55. The average molecular weight is 316 g/mol. The molecule has 2 N–H and O–H groups in total. The quantitative estimate of drug-likeness (QED) is 0.927. The number of rotatable bonds is 4. The van der Waals surface area contributed by atoms with Crippen LogP contribution >= 0.6 is 0 Å². The zero-order valence-corrected chi connectivity index (χ0v) is 13.8. The van der Waals surface area contributed by atoms with Gasteiger partial charge in [0.25, 0.3) is 0 Å². The summed E-state index contributed by atoms with van der Waals surface area (Å²) in [7, 11) is 1.70. The van der Waals surface area contributed by atoms with Gasteiger partial charge in [-0.05, 0) is 56.1 Å². The Morgan fingerprint density at radius 2 is 1.78 bits per heavy atom. The Labute approximate surface area is 137 Å². The summed E-state index contributed by atoms with van der Waals surface area (Å²) in [6.45, 7) is 1.31. The summed E-state index contributed by atoms with van der Waals surface area (Å²) in [5.74, 6) is 6.40. The van der Waals surface area contributed by atoms with E-state index in [0.29, 0.717) is 6.79 Å². The van der Waals surface area contributed by atoms with Gasteiger partial charge in [-0.15, -0.1) is 0 Å². The van der Waals surface area contributed by atoms with Crippen LogP contribution in [0.1, 0.15) is 37.7 Å². The highest BCUT2D eigenvalue weighted by Crippen LogP contribution is 2.52. The van der Waals surface area contributed by atoms with Crippen LogP contribution in [-0.4, -0.2) is 19.9 Å². The molecular weight excluding hydrogens is 290 g/mol. The number of fused-ring (bicyclic) bond motifs is 1. The number of quaternary nitrogens is 1. The van der Waals surface area contributed by atoms with Crippen molar-refractivity contribution in [2.24, 2.45) is 23.7 Å². The molecule has 1 aromatic carbocycles. The van der Waals surface area contributed by atoms with Crippen LogP contribution in [0.5, 0.6) is 17.2 Å². The molecule has 0 atom stereocenters. The van der Waals surface area contributed by atoms with Crippen LogP contribution in [-0.2, 0) is 6.54 Å². The average Bonchev–Trinajstić information content (AvgIpc) is 3.01. The van der Waals surface area contributed by atoms with E-state index in [1.807, 2.05) is 0 Å². The van der Waals surface area contributed by atoms with Gasteiger partial charge < -0.3 is 19.5 Å². The zero-order chi connectivity index (χ0) is 15.4. The SMILES string of the molecule is COc1cc(C[NH2+]C2C3CC4CC(C3)CC2C4)cc2c1OCO2. The molecule has 4 nitrogen and oxygen atoms in total. The highest BCUT2D eigenvalue weighted by atomic mass is 16.7. The molecule has 4 saturated carbocycles. The summed E-state index contributed by atoms with van der Waals surface area (Å²) < 4.78 is 16.5. The fourth-order valence-electron chi connectivity index (χ4n) is 5.93. The first-order valence-electron chi connectivity index (χ1n) is 9.10. The van der Waals surface area contributed by atoms with Crippen LogP contribution < -0.4 is 19.5 Å². The van der Waals surface area contributed by atoms with Crippen molar-refractivity contribution in [3.05, 3.63) is 17.7 Å². The van der Waals surface area contributed by atoms with Crippen molar-refractivity contribution in [2.45, 2.75) is 44.7 Å². The number of methoxy groups -OCH3 is 1. The standard InChI is InChI=1S/C19H25NO3/c1-21-16-7-13(8-17-19(16)23-10-22-17)9-20-18-14-3-11-2-12(5-14)6-15(18)4-11/h7-8,11-12,14-15,18,20H,2-6,9-10H2,1H3/p+1. The van der Waals surface area contributed by atoms with Gasteiger partial charge in [0.05, 0.1) is 13.2 Å². The molecule has 23 heavy (non-hydrogen) atoms. The van der Waals surface area contributed by atoms with E-state index in [4.69, 9.17) is 14.2 Å². The van der Waals surface area contributed by atoms with Crippen molar-refractivity contribution in [1.29, 1.82) is 0 Å². The van der Waals surface area contributed by atoms with Crippen molar-refractivity contribution in [2.75, 3.05) is 13.9 Å². The van der Waals surface area contributed by atoms with Crippen molar-refractivity contribution >= 4 is 0 Å². The van der Waals surface area contributed by atoms with Gasteiger partial charge in [-0.1, -0.05) is 0 Å². The lowest BCUT2D eigenvalue weighted by atomic mass is 9.54. The van der Waals surface area contributed by atoms with Gasteiger partial charge in [-0.25, -0.2) is 0 Å². The van der Waals surface area contributed by atoms with E-state index in [-0.39, 0.29) is 0 Å². The van der Waals surface area contributed by atoms with Gasteiger partial charge in [0, 0.05) is 17.4 Å². The van der Waals surface area contributed by atoms with Crippen molar-refractivity contribution in [1.82, 2.24) is 0 Å². The Morgan fingerprint density at radius 1 is 1.04 bits per heavy atom. The van der Waals surface area contributed by atoms with E-state index in [2.05, 4.69) is 17.4 Å². The molecule has 0 saturated heterocycles. The molecule has 4 heteroatoms. The van der Waals surface area contributed by atoms with Gasteiger partial charge in [-0.3, -0.25) is 0 Å². The first-order chi connectivity index (χ1) is 11.3. The Hall–Kier alpha value is -1.42. The molecule has 1 aromatic rings. The predicted molar refractivity (Wildman–Crippen MR) is 85.6 cm³/mol. The molecule has 1 aliphatic heterocycles. The van der Waals surface area contributed by atoms with Gasteiger partial charge in [0.15, 0.2) is 11.5 Å². The van der Waals surface area contributed by atoms with Gasteiger partial charge in [0.2, 0.25) is 12.5 Å². The number of hydrogen-bond donors (Lipinski definition) is 1. The van der Waals surface area contributed by atoms with E-state index in [1.54, 1.807) is 7.11 Å². The number of hydrogen-bond acceptors (Lipinski definition) is 3. The minimum atomic E-state index is 0.300. The summed E-state index contributed by atoms with van der Waals surface area (Å²) >= 11 is 0. The third-order valence-electron chi connectivity index (χ3n) is 6.64. The van der Waals surface area contributed by atoms with E-state index in [1.165, 1.54) is 37.7 Å². The molecule has 0 amide bonds. The van der Waals surface area contributed by atoms with Gasteiger partial charge >= 0.3 is 0 Å². The molecule has 0 unspecified atom stereocenters. The Balaban J connectivity index is 1.31. The molecule has 4 bridgehead atoms. The van der Waals surface area contributed by atoms with E-state index in [9.17, 15) is 0 Å². The number of ether oxygens (including phenoxy) is 3. The van der Waals surface area contributed by atoms with E-state index < -0.39 is 0 Å². The largest absolute Gasteiger partial charge is 0.493 e. The minimum absolute atomic E-state index is 0.300. The number of benzene rings is 1. The first-order valence-corrected chi connectivity index (χ1v) is 9.10. The van der Waals surface area contributed by atoms with Crippen molar-refractivity contribution in [3.8, 4) is 17.2 Å². The van der Waals surface area contributed by atoms with Crippen molar-refractivity contribution in [3.63, 3.8) is 0 Å². The highest BCUT2D eigenvalue weighted by Gasteiger charge is 2.50. The second kappa shape index (κ2) is 5.30. The van der Waals surface area contributed by atoms with Crippen LogP contribution in [0.15, 0.2) is 12.1 Å². The summed E-state index contributed by atoms with van der Waals surface area (Å²) in [6, 6.07) is 5.07. The molecule has 0 aromatic heterocycles. The monoisotopic (exact) mass is 316 g/mol. The van der Waals surface area contributed by atoms with Crippen LogP contribution in [0, 0.1) is 23.7 Å². The van der Waals surface area contributed by atoms with Crippen LogP contribution in [0.2, 0.25) is 0 Å². The summed E-state index contributed by atoms with van der Waals surface area (Å²) in [6.07, 6.45) is 7.47. The normalized spacial score (nSPS) is 36.5. The second-order valence-corrected chi connectivity index (χ2v) is 7.98. The topological polar surface area (TPSA) is 44.3 Å². The second-order valence-electron chi connectivity index (χ2n) is 7.98. The fourth-order valence-corrected chi connectivity index (χ4v) is 5.93. The summed E-state index contributed by atoms with van der Waals surface area (Å²) in [5.41, 5.74) is 1.28. The van der Waals surface area contributed by atoms with Crippen LogP contribution in [0.4, 0.5) is 0 Å². The lowest BCUT2D eigenvalue weighted by molar-refractivity contribution is -0.723. The summed E-state index contributed by atoms with van der Waals surface area (Å²) in [5, 5.41) is 2.60. The molecule has 0 radical (unpaired) electrons. The molecule has 124 valence electrons. The lowest BCUT2D eigenvalue weighted by Gasteiger charge is -2.52. The third kappa shape index (κ3) is 2.30. The smallest absolute Gasteiger partial charge is 0.231 e. The van der Waals surface area contributed by atoms with E-state index in [0.717, 1.165) is 53.5 Å². The molecule has 0 spiro atoms. The number of nitrogens with two attached hydrogens (primary N) is 1. The van der Waals surface area contributed by atoms with Crippen LogP contribution in [0.25, 0.3) is 0 Å². The minimum Gasteiger partial charge on any atom is -0.493 e. The third-order valence-corrected chi connectivity index (χ3v) is 6.64. The molecule has 6 rings (SSSR count). The van der Waals surface area contributed by atoms with Gasteiger partial charge in [0.1, 0.15) is 6.54 Å². The lowest BCUT2D eigenvalue weighted by Crippen LogP contribution is -2.93. The zero-order valence-electron chi connectivity index (χ0n) is 13.8. The van der Waals surface area contributed by atoms with Crippen molar-refractivity contribution < 1.29 is 19.5 Å². The molecule has 4 fully saturated rings. The predicted octanol–water partition coefficient (Wildman–Crippen LogP) is 2.31. The fraction of sp³-hybridized carbons (Fsp3) is 0.684. The summed E-state index contributed by atoms with van der Waals surface area (Å²) in [4.78, 5) is 0. The molecule has 5 aliphatic rings. The highest BCUT2D eigenvalue weighted by molar-refractivity contribution is 5.54. The molecular formula is C19H26NO3+. The first kappa shape index (κ1) is 14.0. The Morgan fingerprint density at radius 3 is 2.48 bits per heavy atom. The maximum Gasteiger partial charge on any atom is 0.231 e. The van der Waals surface area contributed by atoms with Gasteiger partial charge in [-0.2, -0.15) is 0 Å². The van der Waals surface area contributed by atoms with E-state index >= 15 is 0 Å². The van der Waals surface area contributed by atoms with Crippen LogP contribution in [0.3, 0.4) is 0 Å². The molecule has 1 heterocycles. The Bertz CT molecular complexity index is 587. The Kier molecular flexibility index (Phi) is 3.22.